The van der Waals surface area contributed by atoms with Crippen LogP contribution in [0, 0.1) is 11.7 Å². The molecule has 0 radical (unpaired) electrons. The molecule has 8 rings (SSSR count). The van der Waals surface area contributed by atoms with Crippen LogP contribution in [0.2, 0.25) is 0 Å². The van der Waals surface area contributed by atoms with Crippen molar-refractivity contribution in [2.45, 2.75) is 44.3 Å². The van der Waals surface area contributed by atoms with Gasteiger partial charge in [0.2, 0.25) is 0 Å². The van der Waals surface area contributed by atoms with E-state index in [1.165, 1.54) is 6.07 Å². The Bertz CT molecular complexity index is 1620. The predicted octanol–water partition coefficient (Wildman–Crippen LogP) is 3.23. The first-order valence-corrected chi connectivity index (χ1v) is 13.9. The summed E-state index contributed by atoms with van der Waals surface area (Å²) in [5.74, 6) is -0.144. The largest absolute Gasteiger partial charge is 0.461 e. The van der Waals surface area contributed by atoms with E-state index in [0.717, 1.165) is 49.5 Å². The van der Waals surface area contributed by atoms with Crippen molar-refractivity contribution in [3.05, 3.63) is 48.0 Å². The number of nitrogens with one attached hydrogen (secondary N) is 3. The van der Waals surface area contributed by atoms with Gasteiger partial charge in [-0.05, 0) is 63.4 Å². The first-order chi connectivity index (χ1) is 19.2. The first-order valence-electron chi connectivity index (χ1n) is 13.9. The third-order valence-corrected chi connectivity index (χ3v) is 8.38. The minimum atomic E-state index is -0.494. The van der Waals surface area contributed by atoms with Crippen LogP contribution in [0.5, 0.6) is 6.01 Å². The second-order valence-electron chi connectivity index (χ2n) is 11.8. The van der Waals surface area contributed by atoms with Gasteiger partial charge in [-0.15, -0.1) is 0 Å². The van der Waals surface area contributed by atoms with E-state index in [1.54, 1.807) is 36.3 Å². The van der Waals surface area contributed by atoms with Gasteiger partial charge in [-0.3, -0.25) is 9.48 Å². The highest BCUT2D eigenvalue weighted by atomic mass is 19.1. The molecule has 1 saturated carbocycles. The maximum absolute atomic E-state index is 14.7. The zero-order chi connectivity index (χ0) is 27.6. The Morgan fingerprint density at radius 2 is 2.00 bits per heavy atom. The van der Waals surface area contributed by atoms with Crippen molar-refractivity contribution >= 4 is 39.1 Å². The molecule has 3 saturated heterocycles. The van der Waals surface area contributed by atoms with E-state index < -0.39 is 5.82 Å². The van der Waals surface area contributed by atoms with E-state index in [-0.39, 0.29) is 23.0 Å². The van der Waals surface area contributed by atoms with Gasteiger partial charge in [-0.1, -0.05) is 0 Å². The Hall–Kier alpha value is -3.83. The lowest BCUT2D eigenvalue weighted by Gasteiger charge is -2.38. The minimum absolute atomic E-state index is 0.00707. The number of amides is 1. The number of piperazine rings is 1. The number of benzene rings is 2. The van der Waals surface area contributed by atoms with Gasteiger partial charge < -0.3 is 25.6 Å². The summed E-state index contributed by atoms with van der Waals surface area (Å²) in [5.41, 5.74) is 2.46. The Labute approximate surface area is 231 Å². The zero-order valence-corrected chi connectivity index (χ0v) is 22.9. The maximum Gasteiger partial charge on any atom is 0.317 e. The summed E-state index contributed by atoms with van der Waals surface area (Å²) < 4.78 is 22.3. The lowest BCUT2D eigenvalue weighted by atomic mass is 9.74. The number of ether oxygens (including phenoxy) is 1. The van der Waals surface area contributed by atoms with Crippen LogP contribution in [0.4, 0.5) is 15.8 Å². The molecule has 2 atom stereocenters. The molecular formula is C29H33FN8O2. The van der Waals surface area contributed by atoms with Gasteiger partial charge in [0.15, 0.2) is 5.82 Å². The van der Waals surface area contributed by atoms with Crippen LogP contribution in [0.25, 0.3) is 21.8 Å². The fraction of sp³-hybridized carbons (Fsp3) is 0.448. The monoisotopic (exact) mass is 544 g/mol. The number of aryl methyl sites for hydroxylation is 1. The highest BCUT2D eigenvalue weighted by Crippen LogP contribution is 2.43. The van der Waals surface area contributed by atoms with Gasteiger partial charge in [0.25, 0.3) is 5.91 Å². The highest BCUT2D eigenvalue weighted by molar-refractivity contribution is 6.14. The number of nitrogens with zero attached hydrogens (tertiary/aromatic N) is 5. The van der Waals surface area contributed by atoms with Crippen LogP contribution < -0.4 is 25.6 Å². The van der Waals surface area contributed by atoms with Crippen molar-refractivity contribution < 1.29 is 13.9 Å². The van der Waals surface area contributed by atoms with Gasteiger partial charge in [-0.2, -0.15) is 10.1 Å². The van der Waals surface area contributed by atoms with Crippen molar-refractivity contribution in [3.63, 3.8) is 0 Å². The van der Waals surface area contributed by atoms with Crippen LogP contribution in [-0.4, -0.2) is 69.5 Å². The molecule has 0 spiro atoms. The second-order valence-corrected chi connectivity index (χ2v) is 11.8. The zero-order valence-electron chi connectivity index (χ0n) is 22.9. The molecule has 10 nitrogen and oxygen atoms in total. The topological polar surface area (TPSA) is 109 Å². The van der Waals surface area contributed by atoms with Gasteiger partial charge in [0.1, 0.15) is 12.1 Å². The van der Waals surface area contributed by atoms with E-state index in [1.807, 2.05) is 6.07 Å². The number of halogens is 1. The average Bonchev–Trinajstić information content (AvgIpc) is 3.60. The van der Waals surface area contributed by atoms with Crippen molar-refractivity contribution in [1.29, 1.82) is 0 Å². The Balaban J connectivity index is 1.24. The molecule has 1 aliphatic carbocycles. The third-order valence-electron chi connectivity index (χ3n) is 8.38. The second kappa shape index (κ2) is 9.38. The predicted molar refractivity (Wildman–Crippen MR) is 151 cm³/mol. The molecule has 11 heteroatoms. The standard InChI is InChI=1S/C29H33FN8O2/c1-16-12-38(13-17(2)33-16)24-5-4-21(27(39)34-20-6-19-14-37(3)36-25(19)23(30)7-20)26-22(24)11-31-28(35-26)40-15-29-8-18(9-29)10-32-29/h4-7,11,14,16-18,32-33H,8-10,12-13,15H2,1-3H3,(H,34,39). The van der Waals surface area contributed by atoms with Gasteiger partial charge in [-0.25, -0.2) is 9.37 Å². The summed E-state index contributed by atoms with van der Waals surface area (Å²) in [6, 6.07) is 7.61. The molecule has 2 aromatic carbocycles. The summed E-state index contributed by atoms with van der Waals surface area (Å²) in [7, 11) is 1.73. The van der Waals surface area contributed by atoms with E-state index in [2.05, 4.69) is 44.8 Å². The van der Waals surface area contributed by atoms with E-state index >= 15 is 0 Å². The molecule has 3 aliphatic heterocycles. The number of rotatable bonds is 6. The molecule has 5 heterocycles. The molecule has 2 bridgehead atoms. The Morgan fingerprint density at radius 1 is 1.20 bits per heavy atom. The van der Waals surface area contributed by atoms with Crippen molar-refractivity contribution in [2.24, 2.45) is 13.0 Å². The van der Waals surface area contributed by atoms with Gasteiger partial charge in [0.05, 0.1) is 16.6 Å². The number of carbonyl (C=O) groups excluding carboxylic acids is 1. The van der Waals surface area contributed by atoms with Crippen LogP contribution in [0.3, 0.4) is 0 Å². The summed E-state index contributed by atoms with van der Waals surface area (Å²) in [4.78, 5) is 25.2. The molecule has 4 aliphatic rings. The summed E-state index contributed by atoms with van der Waals surface area (Å²) in [6.07, 6.45) is 5.69. The van der Waals surface area contributed by atoms with E-state index in [4.69, 9.17) is 9.72 Å². The number of anilines is 2. The Morgan fingerprint density at radius 3 is 2.75 bits per heavy atom. The number of fused-ring (bicyclic) bond motifs is 3. The fourth-order valence-corrected chi connectivity index (χ4v) is 6.69. The number of aromatic nitrogens is 4. The average molecular weight is 545 g/mol. The maximum atomic E-state index is 14.7. The normalized spacial score (nSPS) is 25.8. The smallest absolute Gasteiger partial charge is 0.317 e. The third kappa shape index (κ3) is 4.43. The molecule has 40 heavy (non-hydrogen) atoms. The van der Waals surface area contributed by atoms with Crippen molar-refractivity contribution in [2.75, 3.05) is 36.5 Å². The summed E-state index contributed by atoms with van der Waals surface area (Å²) in [5, 5.41) is 15.5. The van der Waals surface area contributed by atoms with Crippen LogP contribution >= 0.6 is 0 Å². The lowest BCUT2D eigenvalue weighted by Crippen LogP contribution is -2.54. The fourth-order valence-electron chi connectivity index (χ4n) is 6.69. The highest BCUT2D eigenvalue weighted by Gasteiger charge is 2.50. The molecule has 1 amide bonds. The van der Waals surface area contributed by atoms with Gasteiger partial charge >= 0.3 is 6.01 Å². The quantitative estimate of drug-likeness (QED) is 0.340. The summed E-state index contributed by atoms with van der Waals surface area (Å²) >= 11 is 0. The molecular weight excluding hydrogens is 511 g/mol. The van der Waals surface area contributed by atoms with E-state index in [9.17, 15) is 9.18 Å². The minimum Gasteiger partial charge on any atom is -0.461 e. The molecule has 2 unspecified atom stereocenters. The molecule has 4 aromatic rings. The van der Waals surface area contributed by atoms with Crippen LogP contribution in [0.15, 0.2) is 36.7 Å². The SMILES string of the molecule is CC1CN(c2ccc(C(=O)Nc3cc(F)c4nn(C)cc4c3)c3nc(OCC45CC(CN4)C5)ncc23)CC(C)N1. The van der Waals surface area contributed by atoms with Crippen LogP contribution in [-0.2, 0) is 7.05 Å². The first kappa shape index (κ1) is 25.2. The summed E-state index contributed by atoms with van der Waals surface area (Å²) in [6.45, 7) is 7.49. The molecule has 2 aromatic heterocycles. The van der Waals surface area contributed by atoms with Crippen molar-refractivity contribution in [3.8, 4) is 6.01 Å². The number of carbonyl (C=O) groups is 1. The molecule has 208 valence electrons. The lowest BCUT2D eigenvalue weighted by molar-refractivity contribution is 0.102. The van der Waals surface area contributed by atoms with E-state index in [0.29, 0.717) is 40.8 Å². The number of hydrogen-bond donors (Lipinski definition) is 3. The molecule has 3 N–H and O–H groups in total. The van der Waals surface area contributed by atoms with Crippen molar-refractivity contribution in [1.82, 2.24) is 30.4 Å². The van der Waals surface area contributed by atoms with Gasteiger partial charge in [0, 0.05) is 66.8 Å². The molecule has 4 fully saturated rings. The number of hydrogen-bond acceptors (Lipinski definition) is 8. The Kier molecular flexibility index (Phi) is 5.90. The van der Waals surface area contributed by atoms with Crippen LogP contribution in [0.1, 0.15) is 37.0 Å².